The fraction of sp³-hybridized carbons (Fsp3) is 0.111. The van der Waals surface area contributed by atoms with Gasteiger partial charge in [-0.25, -0.2) is 0 Å². The van der Waals surface area contributed by atoms with Crippen LogP contribution in [0.15, 0.2) is 59.5 Å². The highest BCUT2D eigenvalue weighted by atomic mass is 32.2. The largest absolute Gasteiger partial charge is 0.492 e. The third-order valence-electron chi connectivity index (χ3n) is 3.62. The Kier molecular flexibility index (Phi) is 5.33. The highest BCUT2D eigenvalue weighted by Crippen LogP contribution is 2.33. The van der Waals surface area contributed by atoms with Crippen molar-refractivity contribution in [1.29, 1.82) is 0 Å². The summed E-state index contributed by atoms with van der Waals surface area (Å²) in [4.78, 5) is 36.3. The molecule has 2 amide bonds. The number of imide groups is 1. The molecule has 1 heterocycles. The van der Waals surface area contributed by atoms with Crippen LogP contribution in [0.3, 0.4) is 0 Å². The average molecular weight is 370 g/mol. The molecule has 3 rings (SSSR count). The van der Waals surface area contributed by atoms with Crippen molar-refractivity contribution >= 4 is 34.7 Å². The Morgan fingerprint density at radius 2 is 1.77 bits per heavy atom. The molecule has 0 radical (unpaired) electrons. The molecular formula is C18H14N2O5S. The van der Waals surface area contributed by atoms with Crippen LogP contribution >= 0.6 is 11.8 Å². The Bertz CT molecular complexity index is 882. The van der Waals surface area contributed by atoms with Crippen LogP contribution in [0.5, 0.6) is 5.75 Å². The molecule has 0 bridgehead atoms. The highest BCUT2D eigenvalue weighted by Gasteiger charge is 2.35. The van der Waals surface area contributed by atoms with E-state index in [0.717, 1.165) is 16.7 Å². The number of hydrogen-bond acceptors (Lipinski definition) is 6. The monoisotopic (exact) mass is 370 g/mol. The van der Waals surface area contributed by atoms with E-state index in [-0.39, 0.29) is 29.3 Å². The van der Waals surface area contributed by atoms with Gasteiger partial charge in [0.05, 0.1) is 21.9 Å². The van der Waals surface area contributed by atoms with E-state index in [0.29, 0.717) is 5.75 Å². The van der Waals surface area contributed by atoms with Gasteiger partial charge >= 0.3 is 0 Å². The average Bonchev–Trinajstić information content (AvgIpc) is 2.90. The summed E-state index contributed by atoms with van der Waals surface area (Å²) in [7, 11) is 0. The zero-order valence-corrected chi connectivity index (χ0v) is 14.3. The van der Waals surface area contributed by atoms with Crippen LogP contribution in [-0.4, -0.2) is 34.1 Å². The normalized spacial score (nSPS) is 15.5. The van der Waals surface area contributed by atoms with Crippen molar-refractivity contribution < 1.29 is 19.2 Å². The summed E-state index contributed by atoms with van der Waals surface area (Å²) in [6.07, 6.45) is 1.38. The van der Waals surface area contributed by atoms with Gasteiger partial charge < -0.3 is 4.74 Å². The zero-order valence-electron chi connectivity index (χ0n) is 13.5. The van der Waals surface area contributed by atoms with E-state index in [2.05, 4.69) is 0 Å². The molecule has 1 aliphatic heterocycles. The van der Waals surface area contributed by atoms with E-state index < -0.39 is 16.1 Å². The van der Waals surface area contributed by atoms with E-state index in [9.17, 15) is 19.7 Å². The molecule has 0 aromatic heterocycles. The van der Waals surface area contributed by atoms with Crippen molar-refractivity contribution in [2.75, 3.05) is 13.2 Å². The van der Waals surface area contributed by atoms with Crippen molar-refractivity contribution in [2.24, 2.45) is 0 Å². The van der Waals surface area contributed by atoms with Gasteiger partial charge in [-0.1, -0.05) is 30.3 Å². The van der Waals surface area contributed by atoms with Gasteiger partial charge in [0.1, 0.15) is 12.4 Å². The predicted molar refractivity (Wildman–Crippen MR) is 97.7 cm³/mol. The summed E-state index contributed by atoms with van der Waals surface area (Å²) in [5.41, 5.74) is 0.162. The summed E-state index contributed by atoms with van der Waals surface area (Å²) in [6, 6.07) is 15.1. The number of amides is 2. The first kappa shape index (κ1) is 17.7. The Morgan fingerprint density at radius 3 is 2.50 bits per heavy atom. The maximum atomic E-state index is 12.4. The lowest BCUT2D eigenvalue weighted by Gasteiger charge is -2.13. The number of ether oxygens (including phenoxy) is 1. The lowest BCUT2D eigenvalue weighted by atomic mass is 10.1. The summed E-state index contributed by atoms with van der Waals surface area (Å²) in [6.45, 7) is 0.272. The first-order valence-electron chi connectivity index (χ1n) is 7.73. The lowest BCUT2D eigenvalue weighted by molar-refractivity contribution is -0.385. The standard InChI is InChI=1S/C18H14N2O5S/c21-17-16(12-13-6-4-5-9-15(13)20(23)24)26-18(22)19(17)10-11-25-14-7-2-1-3-8-14/h1-9,12H,10-11H2/b16-12-. The SMILES string of the molecule is O=C1S/C(=C\c2ccccc2[N+](=O)[O-])C(=O)N1CCOc1ccccc1. The molecule has 0 spiro atoms. The molecule has 7 nitrogen and oxygen atoms in total. The molecule has 0 saturated carbocycles. The number of hydrogen-bond donors (Lipinski definition) is 0. The molecule has 0 aliphatic carbocycles. The summed E-state index contributed by atoms with van der Waals surface area (Å²) in [5.74, 6) is 0.171. The van der Waals surface area contributed by atoms with Crippen LogP contribution in [0.25, 0.3) is 6.08 Å². The summed E-state index contributed by atoms with van der Waals surface area (Å²) >= 11 is 0.764. The second kappa shape index (κ2) is 7.83. The summed E-state index contributed by atoms with van der Waals surface area (Å²) < 4.78 is 5.50. The number of benzene rings is 2. The van der Waals surface area contributed by atoms with Crippen molar-refractivity contribution in [3.63, 3.8) is 0 Å². The molecule has 1 saturated heterocycles. The molecule has 2 aromatic rings. The fourth-order valence-corrected chi connectivity index (χ4v) is 3.24. The van der Waals surface area contributed by atoms with Crippen molar-refractivity contribution in [3.8, 4) is 5.75 Å². The van der Waals surface area contributed by atoms with Gasteiger partial charge in [0.15, 0.2) is 0 Å². The van der Waals surface area contributed by atoms with Crippen LogP contribution in [0, 0.1) is 10.1 Å². The fourth-order valence-electron chi connectivity index (χ4n) is 2.38. The lowest BCUT2D eigenvalue weighted by Crippen LogP contribution is -2.32. The number of rotatable bonds is 6. The molecule has 26 heavy (non-hydrogen) atoms. The van der Waals surface area contributed by atoms with Gasteiger partial charge in [-0.2, -0.15) is 0 Å². The molecule has 0 atom stereocenters. The minimum atomic E-state index is -0.524. The van der Waals surface area contributed by atoms with Gasteiger partial charge in [-0.3, -0.25) is 24.6 Å². The van der Waals surface area contributed by atoms with Crippen LogP contribution in [0.2, 0.25) is 0 Å². The van der Waals surface area contributed by atoms with Crippen LogP contribution < -0.4 is 4.74 Å². The number of nitro groups is 1. The first-order valence-corrected chi connectivity index (χ1v) is 8.54. The van der Waals surface area contributed by atoms with Crippen molar-refractivity contribution in [3.05, 3.63) is 75.2 Å². The highest BCUT2D eigenvalue weighted by molar-refractivity contribution is 8.18. The second-order valence-corrected chi connectivity index (χ2v) is 6.30. The molecule has 2 aromatic carbocycles. The number of nitro benzene ring substituents is 1. The van der Waals surface area contributed by atoms with Gasteiger partial charge in [0.2, 0.25) is 0 Å². The second-order valence-electron chi connectivity index (χ2n) is 5.31. The number of carbonyl (C=O) groups excluding carboxylic acids is 2. The Balaban J connectivity index is 1.70. The van der Waals surface area contributed by atoms with Gasteiger partial charge in [0.25, 0.3) is 16.8 Å². The predicted octanol–water partition coefficient (Wildman–Crippen LogP) is 3.71. The molecule has 0 unspecified atom stereocenters. The quantitative estimate of drug-likeness (QED) is 0.437. The van der Waals surface area contributed by atoms with E-state index in [1.807, 2.05) is 18.2 Å². The van der Waals surface area contributed by atoms with E-state index >= 15 is 0 Å². The van der Waals surface area contributed by atoms with E-state index in [4.69, 9.17) is 4.74 Å². The topological polar surface area (TPSA) is 89.8 Å². The first-order chi connectivity index (χ1) is 12.6. The number of para-hydroxylation sites is 2. The third kappa shape index (κ3) is 3.92. The van der Waals surface area contributed by atoms with E-state index in [1.165, 1.54) is 18.2 Å². The molecule has 8 heteroatoms. The van der Waals surface area contributed by atoms with Gasteiger partial charge in [0, 0.05) is 6.07 Å². The molecular weight excluding hydrogens is 356 g/mol. The molecule has 132 valence electrons. The smallest absolute Gasteiger partial charge is 0.293 e. The van der Waals surface area contributed by atoms with Crippen LogP contribution in [0.1, 0.15) is 5.56 Å². The Morgan fingerprint density at radius 1 is 1.08 bits per heavy atom. The molecule has 1 aliphatic rings. The third-order valence-corrected chi connectivity index (χ3v) is 4.53. The minimum Gasteiger partial charge on any atom is -0.492 e. The van der Waals surface area contributed by atoms with Crippen molar-refractivity contribution in [1.82, 2.24) is 4.90 Å². The summed E-state index contributed by atoms with van der Waals surface area (Å²) in [5, 5.41) is 10.7. The van der Waals surface area contributed by atoms with E-state index in [1.54, 1.807) is 24.3 Å². The zero-order chi connectivity index (χ0) is 18.5. The number of carbonyl (C=O) groups is 2. The number of nitrogens with zero attached hydrogens (tertiary/aromatic N) is 2. The minimum absolute atomic E-state index is 0.105. The maximum absolute atomic E-state index is 12.4. The number of thioether (sulfide) groups is 1. The van der Waals surface area contributed by atoms with Gasteiger partial charge in [-0.05, 0) is 36.0 Å². The maximum Gasteiger partial charge on any atom is 0.293 e. The Hall–Kier alpha value is -3.13. The molecule has 1 fully saturated rings. The van der Waals surface area contributed by atoms with Crippen molar-refractivity contribution in [2.45, 2.75) is 0 Å². The Labute approximate surface area is 153 Å². The van der Waals surface area contributed by atoms with Crippen LogP contribution in [-0.2, 0) is 4.79 Å². The van der Waals surface area contributed by atoms with Gasteiger partial charge in [-0.15, -0.1) is 0 Å². The molecule has 0 N–H and O–H groups in total. The van der Waals surface area contributed by atoms with Crippen LogP contribution in [0.4, 0.5) is 10.5 Å².